The Hall–Kier alpha value is -3.70. The second kappa shape index (κ2) is 10.9. The van der Waals surface area contributed by atoms with Gasteiger partial charge >= 0.3 is 0 Å². The van der Waals surface area contributed by atoms with Crippen LogP contribution < -0.4 is 10.1 Å². The largest absolute Gasteiger partial charge is 0.486 e. The number of ether oxygens (including phenoxy) is 1. The lowest BCUT2D eigenvalue weighted by molar-refractivity contribution is -0.383. The Labute approximate surface area is 207 Å². The summed E-state index contributed by atoms with van der Waals surface area (Å²) < 4.78 is 8.64. The maximum absolute atomic E-state index is 12.5. The molecule has 0 radical (unpaired) electrons. The summed E-state index contributed by atoms with van der Waals surface area (Å²) in [7, 11) is 0. The van der Waals surface area contributed by atoms with Crippen LogP contribution >= 0.6 is 27.7 Å². The molecule has 0 aliphatic heterocycles. The first kappa shape index (κ1) is 23.5. The molecule has 0 saturated heterocycles. The molecule has 9 nitrogen and oxygen atoms in total. The number of carbonyl (C=O) groups is 1. The Morgan fingerprint density at radius 3 is 2.47 bits per heavy atom. The second-order valence-electron chi connectivity index (χ2n) is 6.92. The second-order valence-corrected chi connectivity index (χ2v) is 8.78. The zero-order chi connectivity index (χ0) is 23.9. The maximum atomic E-state index is 12.5. The Bertz CT molecular complexity index is 1300. The molecule has 4 aromatic rings. The van der Waals surface area contributed by atoms with Gasteiger partial charge in [-0.2, -0.15) is 0 Å². The molecule has 172 valence electrons. The number of thioether (sulfide) groups is 1. The highest BCUT2D eigenvalue weighted by Gasteiger charge is 2.18. The van der Waals surface area contributed by atoms with Crippen molar-refractivity contribution in [3.63, 3.8) is 0 Å². The van der Waals surface area contributed by atoms with Crippen molar-refractivity contribution in [3.05, 3.63) is 99.3 Å². The lowest BCUT2D eigenvalue weighted by Crippen LogP contribution is -2.15. The van der Waals surface area contributed by atoms with Gasteiger partial charge in [0.05, 0.1) is 10.7 Å². The summed E-state index contributed by atoms with van der Waals surface area (Å²) in [5.74, 6) is 0.846. The predicted molar refractivity (Wildman–Crippen MR) is 132 cm³/mol. The van der Waals surface area contributed by atoms with Gasteiger partial charge < -0.3 is 10.1 Å². The van der Waals surface area contributed by atoms with Crippen molar-refractivity contribution < 1.29 is 14.5 Å². The summed E-state index contributed by atoms with van der Waals surface area (Å²) >= 11 is 4.57. The molecule has 0 fully saturated rings. The van der Waals surface area contributed by atoms with Crippen LogP contribution in [0.3, 0.4) is 0 Å². The van der Waals surface area contributed by atoms with Gasteiger partial charge in [0.15, 0.2) is 11.0 Å². The van der Waals surface area contributed by atoms with E-state index in [9.17, 15) is 14.9 Å². The lowest BCUT2D eigenvalue weighted by Gasteiger charge is -2.11. The Morgan fingerprint density at radius 2 is 1.74 bits per heavy atom. The highest BCUT2D eigenvalue weighted by Crippen LogP contribution is 2.26. The number of hydrogen-bond donors (Lipinski definition) is 1. The third kappa shape index (κ3) is 5.80. The minimum atomic E-state index is -0.535. The number of para-hydroxylation sites is 3. The minimum absolute atomic E-state index is 0.00934. The number of anilines is 1. The Kier molecular flexibility index (Phi) is 7.55. The van der Waals surface area contributed by atoms with Gasteiger partial charge in [-0.25, -0.2) is 0 Å². The molecule has 1 N–H and O–H groups in total. The van der Waals surface area contributed by atoms with Crippen molar-refractivity contribution in [1.29, 1.82) is 0 Å². The average Bonchev–Trinajstić information content (AvgIpc) is 3.26. The van der Waals surface area contributed by atoms with Gasteiger partial charge in [0.2, 0.25) is 5.91 Å². The van der Waals surface area contributed by atoms with E-state index in [1.807, 2.05) is 59.2 Å². The third-order valence-electron chi connectivity index (χ3n) is 4.60. The standard InChI is InChI=1S/C23H18BrN5O4S/c24-16-10-12-18(13-11-16)33-14-21-26-27-23(28(21)17-6-2-1-3-7-17)34-15-22(30)25-19-8-4-5-9-20(19)29(31)32/h1-13H,14-15H2,(H,25,30). The number of rotatable bonds is 9. The van der Waals surface area contributed by atoms with Crippen LogP contribution in [0.2, 0.25) is 0 Å². The van der Waals surface area contributed by atoms with Crippen molar-refractivity contribution in [2.24, 2.45) is 0 Å². The molecule has 34 heavy (non-hydrogen) atoms. The number of hydrogen-bond acceptors (Lipinski definition) is 7. The molecule has 0 atom stereocenters. The maximum Gasteiger partial charge on any atom is 0.292 e. The van der Waals surface area contributed by atoms with Gasteiger partial charge in [-0.15, -0.1) is 10.2 Å². The third-order valence-corrected chi connectivity index (χ3v) is 6.06. The average molecular weight is 540 g/mol. The van der Waals surface area contributed by atoms with Crippen LogP contribution in [0.25, 0.3) is 5.69 Å². The summed E-state index contributed by atoms with van der Waals surface area (Å²) in [5, 5.41) is 22.8. The fourth-order valence-electron chi connectivity index (χ4n) is 3.06. The van der Waals surface area contributed by atoms with E-state index in [0.717, 1.165) is 10.2 Å². The molecule has 4 rings (SSSR count). The molecule has 0 bridgehead atoms. The van der Waals surface area contributed by atoms with Crippen LogP contribution in [0.15, 0.2) is 88.5 Å². The molecule has 0 aliphatic rings. The molecular weight excluding hydrogens is 522 g/mol. The van der Waals surface area contributed by atoms with Crippen LogP contribution in [0, 0.1) is 10.1 Å². The molecule has 3 aromatic carbocycles. The van der Waals surface area contributed by atoms with E-state index in [2.05, 4.69) is 31.4 Å². The van der Waals surface area contributed by atoms with E-state index in [-0.39, 0.29) is 23.7 Å². The van der Waals surface area contributed by atoms with Crippen LogP contribution in [-0.4, -0.2) is 31.3 Å². The molecule has 0 saturated carbocycles. The summed E-state index contributed by atoms with van der Waals surface area (Å²) in [6, 6.07) is 23.0. The normalized spacial score (nSPS) is 10.6. The highest BCUT2D eigenvalue weighted by atomic mass is 79.9. The number of nitro groups is 1. The molecule has 11 heteroatoms. The molecule has 1 amide bonds. The number of halogens is 1. The van der Waals surface area contributed by atoms with Crippen molar-refractivity contribution in [1.82, 2.24) is 14.8 Å². The molecule has 0 aliphatic carbocycles. The first-order chi connectivity index (χ1) is 16.5. The lowest BCUT2D eigenvalue weighted by atomic mass is 10.2. The van der Waals surface area contributed by atoms with Gasteiger partial charge in [-0.3, -0.25) is 19.5 Å². The number of nitrogens with zero attached hydrogens (tertiary/aromatic N) is 4. The number of benzene rings is 3. The van der Waals surface area contributed by atoms with Crippen LogP contribution in [0.5, 0.6) is 5.75 Å². The summed E-state index contributed by atoms with van der Waals surface area (Å²) in [6.07, 6.45) is 0. The fraction of sp³-hybridized carbons (Fsp3) is 0.0870. The van der Waals surface area contributed by atoms with Gasteiger partial charge in [-0.1, -0.05) is 58.0 Å². The number of amides is 1. The van der Waals surface area contributed by atoms with Crippen molar-refractivity contribution >= 4 is 45.0 Å². The smallest absolute Gasteiger partial charge is 0.292 e. The number of nitrogens with one attached hydrogen (secondary N) is 1. The van der Waals surface area contributed by atoms with E-state index in [1.165, 1.54) is 23.9 Å². The minimum Gasteiger partial charge on any atom is -0.486 e. The summed E-state index contributed by atoms with van der Waals surface area (Å²) in [6.45, 7) is 0.173. The zero-order valence-electron chi connectivity index (χ0n) is 17.6. The highest BCUT2D eigenvalue weighted by molar-refractivity contribution is 9.10. The first-order valence-corrected chi connectivity index (χ1v) is 11.8. The molecular formula is C23H18BrN5O4S. The van der Waals surface area contributed by atoms with Crippen LogP contribution in [0.1, 0.15) is 5.82 Å². The van der Waals surface area contributed by atoms with Crippen molar-refractivity contribution in [2.45, 2.75) is 11.8 Å². The molecule has 0 unspecified atom stereocenters. The monoisotopic (exact) mass is 539 g/mol. The van der Waals surface area contributed by atoms with Gasteiger partial charge in [0, 0.05) is 16.2 Å². The first-order valence-electron chi connectivity index (χ1n) is 10.1. The number of carbonyl (C=O) groups excluding carboxylic acids is 1. The van der Waals surface area contributed by atoms with Crippen molar-refractivity contribution in [3.8, 4) is 11.4 Å². The van der Waals surface area contributed by atoms with Crippen LogP contribution in [0.4, 0.5) is 11.4 Å². The number of nitro benzene ring substituents is 1. The van der Waals surface area contributed by atoms with E-state index in [4.69, 9.17) is 4.74 Å². The quantitative estimate of drug-likeness (QED) is 0.175. The fourth-order valence-corrected chi connectivity index (χ4v) is 4.09. The van der Waals surface area contributed by atoms with Gasteiger partial charge in [0.1, 0.15) is 18.0 Å². The van der Waals surface area contributed by atoms with E-state index >= 15 is 0 Å². The van der Waals surface area contributed by atoms with Gasteiger partial charge in [-0.05, 0) is 42.5 Å². The van der Waals surface area contributed by atoms with E-state index in [1.54, 1.807) is 12.1 Å². The van der Waals surface area contributed by atoms with Crippen LogP contribution in [-0.2, 0) is 11.4 Å². The SMILES string of the molecule is O=C(CSc1nnc(COc2ccc(Br)cc2)n1-c1ccccc1)Nc1ccccc1[N+](=O)[O-]. The Morgan fingerprint density at radius 1 is 1.03 bits per heavy atom. The molecule has 1 heterocycles. The Balaban J connectivity index is 1.49. The predicted octanol–water partition coefficient (Wildman–Crippen LogP) is 5.25. The van der Waals surface area contributed by atoms with Crippen molar-refractivity contribution in [2.75, 3.05) is 11.1 Å². The molecule has 1 aromatic heterocycles. The zero-order valence-corrected chi connectivity index (χ0v) is 20.0. The topological polar surface area (TPSA) is 112 Å². The number of aromatic nitrogens is 3. The van der Waals surface area contributed by atoms with Gasteiger partial charge in [0.25, 0.3) is 5.69 Å². The van der Waals surface area contributed by atoms with E-state index < -0.39 is 10.8 Å². The summed E-state index contributed by atoms with van der Waals surface area (Å²) in [4.78, 5) is 23.2. The summed E-state index contributed by atoms with van der Waals surface area (Å²) in [5.41, 5.74) is 0.801. The van der Waals surface area contributed by atoms with E-state index in [0.29, 0.717) is 16.7 Å². The molecule has 0 spiro atoms.